The summed E-state index contributed by atoms with van der Waals surface area (Å²) in [6.45, 7) is 1.92. The molecule has 0 saturated carbocycles. The van der Waals surface area contributed by atoms with Gasteiger partial charge in [-0.3, -0.25) is 15.1 Å². The number of piperidine rings is 1. The molecule has 0 radical (unpaired) electrons. The quantitative estimate of drug-likeness (QED) is 0.474. The van der Waals surface area contributed by atoms with Gasteiger partial charge in [-0.05, 0) is 62.7 Å². The lowest BCUT2D eigenvalue weighted by Crippen LogP contribution is -2.32. The summed E-state index contributed by atoms with van der Waals surface area (Å²) in [6.07, 6.45) is 4.09. The molecule has 0 bridgehead atoms. The Hall–Kier alpha value is -2.12. The third-order valence-electron chi connectivity index (χ3n) is 4.43. The van der Waals surface area contributed by atoms with Crippen molar-refractivity contribution in [1.82, 2.24) is 4.90 Å². The highest BCUT2D eigenvalue weighted by Crippen LogP contribution is 2.36. The number of likely N-dealkylation sites (tertiary alicyclic amines) is 1. The number of methoxy groups -OCH3 is 1. The molecule has 2 N–H and O–H groups in total. The number of hydrogen-bond donors (Lipinski definition) is 1. The molecular weight excluding hydrogens is 344 g/mol. The van der Waals surface area contributed by atoms with E-state index in [1.54, 1.807) is 13.2 Å². The second kappa shape index (κ2) is 8.82. The van der Waals surface area contributed by atoms with Crippen LogP contribution in [0.4, 0.5) is 0 Å². The van der Waals surface area contributed by atoms with Gasteiger partial charge in [0.15, 0.2) is 0 Å². The predicted molar refractivity (Wildman–Crippen MR) is 98.7 cm³/mol. The van der Waals surface area contributed by atoms with Crippen molar-refractivity contribution in [1.29, 1.82) is 0 Å². The first-order valence-corrected chi connectivity index (χ1v) is 8.45. The lowest BCUT2D eigenvalue weighted by molar-refractivity contribution is -0.414. The number of nitro groups is 1. The summed E-state index contributed by atoms with van der Waals surface area (Å²) in [4.78, 5) is 17.2. The molecule has 0 aromatic heterocycles. The van der Waals surface area contributed by atoms with Gasteiger partial charge >= 0.3 is 5.70 Å². The van der Waals surface area contributed by atoms with Gasteiger partial charge in [0, 0.05) is 5.02 Å². The summed E-state index contributed by atoms with van der Waals surface area (Å²) in [5, 5.41) is 11.5. The Bertz CT molecular complexity index is 670. The summed E-state index contributed by atoms with van der Waals surface area (Å²) < 4.78 is 5.29. The molecule has 136 valence electrons. The number of aliphatic imine (C=N–C) groups is 1. The molecule has 1 aromatic carbocycles. The summed E-state index contributed by atoms with van der Waals surface area (Å²) >= 11 is 6.20. The maximum absolute atomic E-state index is 11.0. The van der Waals surface area contributed by atoms with Crippen LogP contribution in [0.15, 0.2) is 35.1 Å². The number of benzene rings is 1. The molecule has 1 aliphatic heterocycles. The third-order valence-corrected chi connectivity index (χ3v) is 4.65. The van der Waals surface area contributed by atoms with E-state index in [0.29, 0.717) is 10.8 Å². The molecule has 1 heterocycles. The van der Waals surface area contributed by atoms with E-state index in [0.717, 1.165) is 37.7 Å². The highest BCUT2D eigenvalue weighted by Gasteiger charge is 2.27. The van der Waals surface area contributed by atoms with Crippen molar-refractivity contribution in [2.24, 2.45) is 16.6 Å². The molecule has 1 atom stereocenters. The molecule has 7 nitrogen and oxygen atoms in total. The zero-order valence-corrected chi connectivity index (χ0v) is 15.1. The van der Waals surface area contributed by atoms with E-state index in [1.165, 1.54) is 6.21 Å². The minimum Gasteiger partial charge on any atom is -0.497 e. The van der Waals surface area contributed by atoms with Crippen LogP contribution in [0, 0.1) is 16.0 Å². The van der Waals surface area contributed by atoms with Gasteiger partial charge in [0.05, 0.1) is 24.3 Å². The molecule has 1 aliphatic rings. The van der Waals surface area contributed by atoms with E-state index in [9.17, 15) is 10.1 Å². The molecule has 0 spiro atoms. The van der Waals surface area contributed by atoms with Gasteiger partial charge in [0.1, 0.15) is 12.0 Å². The van der Waals surface area contributed by atoms with Crippen molar-refractivity contribution in [3.05, 3.63) is 50.8 Å². The smallest absolute Gasteiger partial charge is 0.302 e. The highest BCUT2D eigenvalue weighted by molar-refractivity contribution is 6.30. The Morgan fingerprint density at radius 2 is 2.16 bits per heavy atom. The zero-order chi connectivity index (χ0) is 18.4. The fraction of sp³-hybridized carbons (Fsp3) is 0.471. The number of allylic oxidation sites excluding steroid dienone is 1. The van der Waals surface area contributed by atoms with Crippen LogP contribution in [0.5, 0.6) is 5.75 Å². The number of nitrogens with zero attached hydrogens (tertiary/aromatic N) is 3. The summed E-state index contributed by atoms with van der Waals surface area (Å²) in [5.74, 6) is 0.904. The van der Waals surface area contributed by atoms with E-state index in [-0.39, 0.29) is 17.7 Å². The average molecular weight is 367 g/mol. The van der Waals surface area contributed by atoms with Gasteiger partial charge in [0.25, 0.3) is 0 Å². The van der Waals surface area contributed by atoms with Crippen LogP contribution >= 0.6 is 11.6 Å². The molecule has 1 saturated heterocycles. The van der Waals surface area contributed by atoms with Crippen molar-refractivity contribution < 1.29 is 9.66 Å². The highest BCUT2D eigenvalue weighted by atomic mass is 35.5. The Morgan fingerprint density at radius 1 is 1.48 bits per heavy atom. The zero-order valence-electron chi connectivity index (χ0n) is 14.4. The number of rotatable bonds is 6. The average Bonchev–Trinajstić information content (AvgIpc) is 2.59. The minimum atomic E-state index is -0.548. The van der Waals surface area contributed by atoms with Crippen LogP contribution in [-0.2, 0) is 0 Å². The van der Waals surface area contributed by atoms with Crippen LogP contribution < -0.4 is 10.5 Å². The van der Waals surface area contributed by atoms with Crippen molar-refractivity contribution in [2.75, 3.05) is 27.2 Å². The molecule has 1 unspecified atom stereocenters. The van der Waals surface area contributed by atoms with Crippen molar-refractivity contribution >= 4 is 17.8 Å². The lowest BCUT2D eigenvalue weighted by Gasteiger charge is -2.32. The summed E-state index contributed by atoms with van der Waals surface area (Å²) in [7, 11) is 3.66. The van der Waals surface area contributed by atoms with Crippen molar-refractivity contribution in [2.45, 2.75) is 18.9 Å². The minimum absolute atomic E-state index is 0.230. The van der Waals surface area contributed by atoms with Crippen LogP contribution in [-0.4, -0.2) is 43.3 Å². The van der Waals surface area contributed by atoms with Crippen molar-refractivity contribution in [3.8, 4) is 5.75 Å². The van der Waals surface area contributed by atoms with E-state index in [4.69, 9.17) is 22.1 Å². The largest absolute Gasteiger partial charge is 0.497 e. The van der Waals surface area contributed by atoms with E-state index in [2.05, 4.69) is 16.9 Å². The molecule has 8 heteroatoms. The topological polar surface area (TPSA) is 94.0 Å². The van der Waals surface area contributed by atoms with E-state index < -0.39 is 4.92 Å². The van der Waals surface area contributed by atoms with Gasteiger partial charge in [-0.15, -0.1) is 0 Å². The van der Waals surface area contributed by atoms with Crippen LogP contribution in [0.3, 0.4) is 0 Å². The molecule has 25 heavy (non-hydrogen) atoms. The standard InChI is InChI=1S/C17H23ClN4O3/c1-21-5-3-12(4-6-21)17(20-11-15(10-19)22(23)24)13-7-14(18)9-16(8-13)25-2/h7-12,17H,3-6,19H2,1-2H3/b15-10+,20-11?. The van der Waals surface area contributed by atoms with E-state index >= 15 is 0 Å². The third kappa shape index (κ3) is 5.17. The maximum Gasteiger partial charge on any atom is 0.302 e. The molecule has 1 fully saturated rings. The first kappa shape index (κ1) is 19.2. The molecule has 0 amide bonds. The summed E-state index contributed by atoms with van der Waals surface area (Å²) in [5.41, 5.74) is 5.98. The van der Waals surface area contributed by atoms with Gasteiger partial charge in [-0.25, -0.2) is 0 Å². The number of halogens is 1. The molecule has 0 aliphatic carbocycles. The molecular formula is C17H23ClN4O3. The molecule has 1 aromatic rings. The predicted octanol–water partition coefficient (Wildman–Crippen LogP) is 2.88. The lowest BCUT2D eigenvalue weighted by atomic mass is 9.85. The maximum atomic E-state index is 11.0. The van der Waals surface area contributed by atoms with Crippen molar-refractivity contribution in [3.63, 3.8) is 0 Å². The second-order valence-electron chi connectivity index (χ2n) is 6.14. The van der Waals surface area contributed by atoms with Gasteiger partial charge in [-0.2, -0.15) is 0 Å². The fourth-order valence-corrected chi connectivity index (χ4v) is 3.24. The number of ether oxygens (including phenoxy) is 1. The SMILES string of the molecule is COc1cc(Cl)cc(C(N=C/C(=C\N)[N+](=O)[O-])C2CCN(C)CC2)c1. The van der Waals surface area contributed by atoms with Gasteiger partial charge in [-0.1, -0.05) is 11.6 Å². The first-order chi connectivity index (χ1) is 11.9. The first-order valence-electron chi connectivity index (χ1n) is 8.07. The van der Waals surface area contributed by atoms with Crippen LogP contribution in [0.25, 0.3) is 0 Å². The number of nitrogens with two attached hydrogens (primary N) is 1. The second-order valence-corrected chi connectivity index (χ2v) is 6.57. The Labute approximate surface area is 152 Å². The van der Waals surface area contributed by atoms with Gasteiger partial charge < -0.3 is 15.4 Å². The number of hydrogen-bond acceptors (Lipinski definition) is 6. The van der Waals surface area contributed by atoms with Gasteiger partial charge in [0.2, 0.25) is 0 Å². The normalized spacial score (nSPS) is 18.4. The Balaban J connectivity index is 2.36. The Morgan fingerprint density at radius 3 is 2.72 bits per heavy atom. The van der Waals surface area contributed by atoms with Crippen LogP contribution in [0.2, 0.25) is 5.02 Å². The van der Waals surface area contributed by atoms with E-state index in [1.807, 2.05) is 12.1 Å². The Kier molecular flexibility index (Phi) is 6.78. The fourth-order valence-electron chi connectivity index (χ4n) is 3.00. The summed E-state index contributed by atoms with van der Waals surface area (Å²) in [6, 6.07) is 5.20. The molecule has 2 rings (SSSR count). The monoisotopic (exact) mass is 366 g/mol. The van der Waals surface area contributed by atoms with Crippen LogP contribution in [0.1, 0.15) is 24.4 Å².